The summed E-state index contributed by atoms with van der Waals surface area (Å²) >= 11 is 0. The van der Waals surface area contributed by atoms with Crippen molar-refractivity contribution in [3.05, 3.63) is 48.3 Å². The van der Waals surface area contributed by atoms with Crippen molar-refractivity contribution in [2.45, 2.75) is 64.5 Å². The first-order valence-electron chi connectivity index (χ1n) is 14.0. The van der Waals surface area contributed by atoms with Gasteiger partial charge in [0.05, 0.1) is 41.2 Å². The largest absolute Gasteiger partial charge is 0.372 e. The second-order valence-corrected chi connectivity index (χ2v) is 13.9. The van der Waals surface area contributed by atoms with Gasteiger partial charge in [0.15, 0.2) is 0 Å². The Balaban J connectivity index is 1.30. The summed E-state index contributed by atoms with van der Waals surface area (Å²) in [5.74, 6) is -3.03. The minimum Gasteiger partial charge on any atom is -0.372 e. The van der Waals surface area contributed by atoms with E-state index < -0.39 is 27.2 Å². The van der Waals surface area contributed by atoms with E-state index in [-0.39, 0.29) is 37.6 Å². The van der Waals surface area contributed by atoms with Gasteiger partial charge in [0, 0.05) is 43.8 Å². The van der Waals surface area contributed by atoms with Crippen molar-refractivity contribution in [3.63, 3.8) is 0 Å². The highest BCUT2D eigenvalue weighted by Gasteiger charge is 2.42. The highest BCUT2D eigenvalue weighted by atomic mass is 32.2. The third kappa shape index (κ3) is 6.84. The molecular weight excluding hydrogens is 566 g/mol. The van der Waals surface area contributed by atoms with Crippen molar-refractivity contribution in [1.82, 2.24) is 24.6 Å². The summed E-state index contributed by atoms with van der Waals surface area (Å²) in [6, 6.07) is 10.8. The number of piperidine rings is 1. The van der Waals surface area contributed by atoms with E-state index in [0.29, 0.717) is 23.3 Å². The number of alkyl halides is 2. The van der Waals surface area contributed by atoms with E-state index in [1.54, 1.807) is 26.1 Å². The van der Waals surface area contributed by atoms with Gasteiger partial charge in [-0.3, -0.25) is 9.78 Å². The standard InChI is InChI=1S/C29H36F2N6O4S/c1-18-14-36(15-19(2)41-18)26-7-5-6-23(35-26)24-9-8-20-13-32-21(10-25(20)34-24)11-27(38)33-22-12-29(3,4)17-37(16-22)42(39,40)28(30)31/h5-10,13,18-19,22,28H,11-12,14-17H2,1-4H3,(H,33,38)/t18-,19+,22-/m0/s1. The average molecular weight is 603 g/mol. The first-order valence-corrected chi connectivity index (χ1v) is 15.5. The molecule has 10 nitrogen and oxygen atoms in total. The number of pyridine rings is 3. The summed E-state index contributed by atoms with van der Waals surface area (Å²) in [6.07, 6.45) is 2.25. The number of amides is 1. The van der Waals surface area contributed by atoms with Gasteiger partial charge in [-0.1, -0.05) is 19.9 Å². The zero-order valence-corrected chi connectivity index (χ0v) is 24.9. The molecule has 0 bridgehead atoms. The Labute approximate surface area is 244 Å². The van der Waals surface area contributed by atoms with Crippen LogP contribution in [0.25, 0.3) is 22.3 Å². The highest BCUT2D eigenvalue weighted by Crippen LogP contribution is 2.32. The molecule has 0 aliphatic carbocycles. The van der Waals surface area contributed by atoms with Crippen LogP contribution in [0.15, 0.2) is 42.6 Å². The summed E-state index contributed by atoms with van der Waals surface area (Å²) < 4.78 is 57.2. The molecule has 2 saturated heterocycles. The number of carbonyl (C=O) groups is 1. The minimum absolute atomic E-state index is 0.0330. The molecule has 0 unspecified atom stereocenters. The predicted molar refractivity (Wildman–Crippen MR) is 156 cm³/mol. The van der Waals surface area contributed by atoms with Gasteiger partial charge in [-0.25, -0.2) is 18.4 Å². The smallest absolute Gasteiger partial charge is 0.350 e. The Bertz CT molecular complexity index is 1560. The lowest BCUT2D eigenvalue weighted by molar-refractivity contribution is -0.121. The Morgan fingerprint density at radius 2 is 1.81 bits per heavy atom. The fourth-order valence-corrected chi connectivity index (χ4v) is 6.98. The molecule has 42 heavy (non-hydrogen) atoms. The molecule has 0 radical (unpaired) electrons. The van der Waals surface area contributed by atoms with Crippen molar-refractivity contribution < 1.29 is 26.7 Å². The number of sulfonamides is 1. The molecule has 3 atom stereocenters. The summed E-state index contributed by atoms with van der Waals surface area (Å²) in [4.78, 5) is 29.2. The fraction of sp³-hybridized carbons (Fsp3) is 0.517. The average Bonchev–Trinajstić information content (AvgIpc) is 2.91. The molecule has 5 rings (SSSR count). The lowest BCUT2D eigenvalue weighted by Gasteiger charge is -2.41. The molecule has 2 aliphatic heterocycles. The highest BCUT2D eigenvalue weighted by molar-refractivity contribution is 7.89. The molecule has 0 saturated carbocycles. The molecular formula is C29H36F2N6O4S. The van der Waals surface area contributed by atoms with Gasteiger partial charge in [0.2, 0.25) is 5.91 Å². The van der Waals surface area contributed by atoms with E-state index in [9.17, 15) is 22.0 Å². The third-order valence-corrected chi connectivity index (χ3v) is 8.94. The van der Waals surface area contributed by atoms with Crippen LogP contribution in [-0.4, -0.2) is 83.8 Å². The molecule has 1 amide bonds. The molecule has 2 aliphatic rings. The number of anilines is 1. The van der Waals surface area contributed by atoms with Gasteiger partial charge >= 0.3 is 5.76 Å². The van der Waals surface area contributed by atoms with Crippen LogP contribution in [0.2, 0.25) is 0 Å². The van der Waals surface area contributed by atoms with Gasteiger partial charge in [0.1, 0.15) is 5.82 Å². The monoisotopic (exact) mass is 602 g/mol. The second kappa shape index (κ2) is 11.8. The molecule has 1 N–H and O–H groups in total. The van der Waals surface area contributed by atoms with E-state index in [1.807, 2.05) is 44.2 Å². The summed E-state index contributed by atoms with van der Waals surface area (Å²) in [5.41, 5.74) is 1.96. The minimum atomic E-state index is -4.75. The zero-order chi connectivity index (χ0) is 30.2. The van der Waals surface area contributed by atoms with Gasteiger partial charge in [0.25, 0.3) is 10.0 Å². The lowest BCUT2D eigenvalue weighted by atomic mass is 9.82. The molecule has 5 heterocycles. The van der Waals surface area contributed by atoms with Crippen LogP contribution in [-0.2, 0) is 26.0 Å². The zero-order valence-electron chi connectivity index (χ0n) is 24.1. The van der Waals surface area contributed by atoms with Crippen LogP contribution >= 0.6 is 0 Å². The maximum atomic E-state index is 13.2. The van der Waals surface area contributed by atoms with Crippen molar-refractivity contribution in [2.24, 2.45) is 5.41 Å². The van der Waals surface area contributed by atoms with E-state index in [4.69, 9.17) is 14.7 Å². The Morgan fingerprint density at radius 3 is 2.52 bits per heavy atom. The molecule has 2 fully saturated rings. The van der Waals surface area contributed by atoms with Crippen LogP contribution in [0.4, 0.5) is 14.6 Å². The molecule has 0 spiro atoms. The van der Waals surface area contributed by atoms with Gasteiger partial charge in [-0.05, 0) is 56.0 Å². The lowest BCUT2D eigenvalue weighted by Crippen LogP contribution is -2.56. The normalized spacial score (nSPS) is 23.3. The number of nitrogens with zero attached hydrogens (tertiary/aromatic N) is 5. The van der Waals surface area contributed by atoms with E-state index in [2.05, 4.69) is 15.2 Å². The maximum Gasteiger partial charge on any atom is 0.350 e. The van der Waals surface area contributed by atoms with E-state index in [0.717, 1.165) is 34.3 Å². The van der Waals surface area contributed by atoms with Crippen molar-refractivity contribution in [2.75, 3.05) is 31.1 Å². The first kappa shape index (κ1) is 30.2. The number of morpholine rings is 1. The number of fused-ring (bicyclic) bond motifs is 1. The van der Waals surface area contributed by atoms with Crippen LogP contribution in [0.1, 0.15) is 39.8 Å². The van der Waals surface area contributed by atoms with E-state index in [1.165, 1.54) is 0 Å². The Hall–Kier alpha value is -3.29. The Kier molecular flexibility index (Phi) is 8.46. The van der Waals surface area contributed by atoms with Crippen LogP contribution in [0.5, 0.6) is 0 Å². The van der Waals surface area contributed by atoms with Crippen LogP contribution in [0, 0.1) is 5.41 Å². The van der Waals surface area contributed by atoms with E-state index >= 15 is 0 Å². The summed E-state index contributed by atoms with van der Waals surface area (Å²) in [6.45, 7) is 8.95. The molecule has 3 aromatic heterocycles. The number of hydrogen-bond acceptors (Lipinski definition) is 8. The van der Waals surface area contributed by atoms with Crippen LogP contribution in [0.3, 0.4) is 0 Å². The van der Waals surface area contributed by atoms with Gasteiger partial charge in [-0.2, -0.15) is 13.1 Å². The summed E-state index contributed by atoms with van der Waals surface area (Å²) in [5, 5.41) is 3.62. The fourth-order valence-electron chi connectivity index (χ4n) is 5.83. The predicted octanol–water partition coefficient (Wildman–Crippen LogP) is 3.62. The second-order valence-electron chi connectivity index (χ2n) is 12.0. The maximum absolute atomic E-state index is 13.2. The third-order valence-electron chi connectivity index (χ3n) is 7.49. The number of carbonyl (C=O) groups excluding carboxylic acids is 1. The van der Waals surface area contributed by atoms with Gasteiger partial charge in [-0.15, -0.1) is 0 Å². The molecule has 226 valence electrons. The first-order chi connectivity index (χ1) is 19.8. The van der Waals surface area contributed by atoms with Crippen molar-refractivity contribution in [3.8, 4) is 11.4 Å². The Morgan fingerprint density at radius 1 is 1.10 bits per heavy atom. The SMILES string of the molecule is C[C@@H]1CN(c2cccc(-c3ccc4cnc(CC(=O)N[C@@H]5CN(S(=O)(=O)C(F)F)CC(C)(C)C5)cc4n3)n2)C[C@H](C)O1. The molecule has 3 aromatic rings. The topological polar surface area (TPSA) is 118 Å². The van der Waals surface area contributed by atoms with Crippen LogP contribution < -0.4 is 10.2 Å². The number of ether oxygens (including phenoxy) is 1. The number of nitrogens with one attached hydrogen (secondary N) is 1. The summed E-state index contributed by atoms with van der Waals surface area (Å²) in [7, 11) is -4.75. The number of aromatic nitrogens is 3. The van der Waals surface area contributed by atoms with Gasteiger partial charge < -0.3 is 15.0 Å². The molecule has 13 heteroatoms. The quantitative estimate of drug-likeness (QED) is 0.436. The number of halogens is 2. The number of rotatable bonds is 7. The number of hydrogen-bond donors (Lipinski definition) is 1. The van der Waals surface area contributed by atoms with Crippen molar-refractivity contribution in [1.29, 1.82) is 0 Å². The molecule has 0 aromatic carbocycles. The van der Waals surface area contributed by atoms with Crippen molar-refractivity contribution >= 4 is 32.7 Å².